The number of phenolic OH excluding ortho intramolecular Hbond substituents is 1. The van der Waals surface area contributed by atoms with Crippen LogP contribution in [0, 0.1) is 0 Å². The Morgan fingerprint density at radius 3 is 3.15 bits per heavy atom. The highest BCUT2D eigenvalue weighted by atomic mass is 16.3. The van der Waals surface area contributed by atoms with Crippen LogP contribution >= 0.6 is 0 Å². The summed E-state index contributed by atoms with van der Waals surface area (Å²) in [6.45, 7) is 0.751. The van der Waals surface area contributed by atoms with Crippen LogP contribution in [0.2, 0.25) is 0 Å². The van der Waals surface area contributed by atoms with Crippen molar-refractivity contribution >= 4 is 10.9 Å². The Morgan fingerprint density at radius 2 is 2.38 bits per heavy atom. The number of hydrogen-bond acceptors (Lipinski definition) is 3. The number of fused-ring (bicyclic) bond motifs is 1. The van der Waals surface area contributed by atoms with Crippen LogP contribution in [0.25, 0.3) is 10.9 Å². The van der Waals surface area contributed by atoms with Crippen molar-refractivity contribution in [3.05, 3.63) is 23.9 Å². The molecule has 2 rings (SSSR count). The molecule has 0 unspecified atom stereocenters. The molecule has 1 aromatic heterocycles. The third-order valence-electron chi connectivity index (χ3n) is 1.97. The van der Waals surface area contributed by atoms with Crippen LogP contribution in [0.5, 0.6) is 5.75 Å². The summed E-state index contributed by atoms with van der Waals surface area (Å²) < 4.78 is 0. The summed E-state index contributed by atoms with van der Waals surface area (Å²) in [4.78, 5) is 0. The van der Waals surface area contributed by atoms with Crippen LogP contribution in [0.3, 0.4) is 0 Å². The van der Waals surface area contributed by atoms with Crippen LogP contribution < -0.4 is 5.32 Å². The molecule has 0 bridgehead atoms. The van der Waals surface area contributed by atoms with Gasteiger partial charge in [-0.3, -0.25) is 5.10 Å². The molecule has 68 valence electrons. The van der Waals surface area contributed by atoms with Crippen LogP contribution in [0.1, 0.15) is 5.69 Å². The van der Waals surface area contributed by atoms with Gasteiger partial charge in [0.25, 0.3) is 0 Å². The maximum atomic E-state index is 9.20. The van der Waals surface area contributed by atoms with Crippen molar-refractivity contribution in [2.45, 2.75) is 6.54 Å². The van der Waals surface area contributed by atoms with Gasteiger partial charge in [-0.1, -0.05) is 0 Å². The average Bonchev–Trinajstić information content (AvgIpc) is 2.49. The Kier molecular flexibility index (Phi) is 1.90. The van der Waals surface area contributed by atoms with E-state index in [4.69, 9.17) is 0 Å². The maximum absolute atomic E-state index is 9.20. The lowest BCUT2D eigenvalue weighted by Gasteiger charge is -1.95. The van der Waals surface area contributed by atoms with E-state index in [1.165, 1.54) is 0 Å². The van der Waals surface area contributed by atoms with Crippen molar-refractivity contribution in [2.75, 3.05) is 7.05 Å². The molecule has 2 aromatic rings. The number of nitrogens with zero attached hydrogens (tertiary/aromatic N) is 1. The lowest BCUT2D eigenvalue weighted by molar-refractivity contribution is 0.476. The zero-order valence-corrected chi connectivity index (χ0v) is 7.33. The molecule has 0 aliphatic heterocycles. The third kappa shape index (κ3) is 1.36. The van der Waals surface area contributed by atoms with Gasteiger partial charge >= 0.3 is 0 Å². The van der Waals surface area contributed by atoms with Gasteiger partial charge in [0, 0.05) is 18.0 Å². The molecule has 3 N–H and O–H groups in total. The topological polar surface area (TPSA) is 60.9 Å². The van der Waals surface area contributed by atoms with Gasteiger partial charge in [0.15, 0.2) is 0 Å². The zero-order valence-electron chi connectivity index (χ0n) is 7.33. The van der Waals surface area contributed by atoms with Gasteiger partial charge in [0.05, 0.1) is 11.2 Å². The molecule has 0 aliphatic rings. The van der Waals surface area contributed by atoms with E-state index in [1.807, 2.05) is 13.1 Å². The minimum Gasteiger partial charge on any atom is -0.508 e. The molecule has 4 nitrogen and oxygen atoms in total. The van der Waals surface area contributed by atoms with Crippen molar-refractivity contribution in [3.63, 3.8) is 0 Å². The van der Waals surface area contributed by atoms with Crippen LogP contribution in [-0.4, -0.2) is 22.4 Å². The van der Waals surface area contributed by atoms with E-state index in [2.05, 4.69) is 15.5 Å². The van der Waals surface area contributed by atoms with Crippen molar-refractivity contribution in [1.29, 1.82) is 0 Å². The molecule has 1 heterocycles. The number of nitrogens with one attached hydrogen (secondary N) is 2. The number of aromatic hydroxyl groups is 1. The first-order valence-electron chi connectivity index (χ1n) is 4.12. The molecule has 0 atom stereocenters. The van der Waals surface area contributed by atoms with E-state index in [-0.39, 0.29) is 5.75 Å². The molecule has 0 fully saturated rings. The molecule has 0 aliphatic carbocycles. The molecule has 0 saturated heterocycles. The summed E-state index contributed by atoms with van der Waals surface area (Å²) in [6.07, 6.45) is 0. The number of phenols is 1. The standard InChI is InChI=1S/C9H11N3O/c1-10-5-9-7-3-2-6(13)4-8(7)11-12-9/h2-4,10,13H,5H2,1H3,(H,11,12). The number of H-pyrrole nitrogens is 1. The summed E-state index contributed by atoms with van der Waals surface area (Å²) in [5, 5.41) is 20.3. The largest absolute Gasteiger partial charge is 0.508 e. The van der Waals surface area contributed by atoms with Crippen LogP contribution in [-0.2, 0) is 6.54 Å². The normalized spacial score (nSPS) is 10.8. The number of aromatic nitrogens is 2. The molecular weight excluding hydrogens is 166 g/mol. The van der Waals surface area contributed by atoms with Gasteiger partial charge in [-0.15, -0.1) is 0 Å². The number of benzene rings is 1. The Morgan fingerprint density at radius 1 is 1.54 bits per heavy atom. The molecule has 13 heavy (non-hydrogen) atoms. The minimum absolute atomic E-state index is 0.245. The lowest BCUT2D eigenvalue weighted by atomic mass is 10.2. The second kappa shape index (κ2) is 3.06. The summed E-state index contributed by atoms with van der Waals surface area (Å²) in [5.74, 6) is 0.245. The molecule has 4 heteroatoms. The first-order chi connectivity index (χ1) is 6.31. The number of rotatable bonds is 2. The molecular formula is C9H11N3O. The van der Waals surface area contributed by atoms with Gasteiger partial charge in [-0.05, 0) is 19.2 Å². The zero-order chi connectivity index (χ0) is 9.26. The van der Waals surface area contributed by atoms with E-state index in [1.54, 1.807) is 12.1 Å². The van der Waals surface area contributed by atoms with E-state index < -0.39 is 0 Å². The predicted molar refractivity (Wildman–Crippen MR) is 50.5 cm³/mol. The highest BCUT2D eigenvalue weighted by Gasteiger charge is 2.03. The van der Waals surface area contributed by atoms with Crippen molar-refractivity contribution in [3.8, 4) is 5.75 Å². The summed E-state index contributed by atoms with van der Waals surface area (Å²) >= 11 is 0. The average molecular weight is 177 g/mol. The summed E-state index contributed by atoms with van der Waals surface area (Å²) in [5.41, 5.74) is 1.84. The van der Waals surface area contributed by atoms with Gasteiger partial charge in [0.2, 0.25) is 0 Å². The fourth-order valence-electron chi connectivity index (χ4n) is 1.37. The minimum atomic E-state index is 0.245. The molecule has 0 amide bonds. The molecule has 0 spiro atoms. The third-order valence-corrected chi connectivity index (χ3v) is 1.97. The SMILES string of the molecule is CNCc1[nH]nc2cc(O)ccc12. The number of aromatic amines is 1. The smallest absolute Gasteiger partial charge is 0.117 e. The van der Waals surface area contributed by atoms with Crippen molar-refractivity contribution < 1.29 is 5.11 Å². The first kappa shape index (κ1) is 8.07. The van der Waals surface area contributed by atoms with Crippen LogP contribution in [0.4, 0.5) is 0 Å². The monoisotopic (exact) mass is 177 g/mol. The second-order valence-electron chi connectivity index (χ2n) is 2.93. The fraction of sp³-hybridized carbons (Fsp3) is 0.222. The number of hydrogen-bond donors (Lipinski definition) is 3. The predicted octanol–water partition coefficient (Wildman–Crippen LogP) is 0.988. The van der Waals surface area contributed by atoms with Gasteiger partial charge in [0.1, 0.15) is 5.75 Å². The molecule has 0 saturated carbocycles. The Labute approximate surface area is 75.6 Å². The Bertz CT molecular complexity index is 422. The lowest BCUT2D eigenvalue weighted by Crippen LogP contribution is -2.05. The molecule has 1 aromatic carbocycles. The quantitative estimate of drug-likeness (QED) is 0.641. The summed E-state index contributed by atoms with van der Waals surface area (Å²) in [7, 11) is 1.88. The fourth-order valence-corrected chi connectivity index (χ4v) is 1.37. The van der Waals surface area contributed by atoms with E-state index in [0.29, 0.717) is 0 Å². The van der Waals surface area contributed by atoms with E-state index >= 15 is 0 Å². The molecule has 0 radical (unpaired) electrons. The Hall–Kier alpha value is -1.55. The first-order valence-corrected chi connectivity index (χ1v) is 4.12. The highest BCUT2D eigenvalue weighted by Crippen LogP contribution is 2.20. The van der Waals surface area contributed by atoms with Gasteiger partial charge in [-0.25, -0.2) is 0 Å². The van der Waals surface area contributed by atoms with Crippen LogP contribution in [0.15, 0.2) is 18.2 Å². The van der Waals surface area contributed by atoms with Gasteiger partial charge < -0.3 is 10.4 Å². The van der Waals surface area contributed by atoms with E-state index in [9.17, 15) is 5.11 Å². The summed E-state index contributed by atoms with van der Waals surface area (Å²) in [6, 6.07) is 5.17. The maximum Gasteiger partial charge on any atom is 0.117 e. The van der Waals surface area contributed by atoms with E-state index in [0.717, 1.165) is 23.1 Å². The van der Waals surface area contributed by atoms with Crippen molar-refractivity contribution in [1.82, 2.24) is 15.5 Å². The van der Waals surface area contributed by atoms with Gasteiger partial charge in [-0.2, -0.15) is 5.10 Å². The second-order valence-corrected chi connectivity index (χ2v) is 2.93. The van der Waals surface area contributed by atoms with Crippen molar-refractivity contribution in [2.24, 2.45) is 0 Å². The highest BCUT2D eigenvalue weighted by molar-refractivity contribution is 5.82. The Balaban J connectivity index is 2.55.